The summed E-state index contributed by atoms with van der Waals surface area (Å²) in [4.78, 5) is 0. The van der Waals surface area contributed by atoms with Crippen molar-refractivity contribution in [3.05, 3.63) is 33.8 Å². The summed E-state index contributed by atoms with van der Waals surface area (Å²) >= 11 is 3.04. The second kappa shape index (κ2) is 5.00. The van der Waals surface area contributed by atoms with E-state index in [2.05, 4.69) is 21.2 Å². The average Bonchev–Trinajstić information content (AvgIpc) is 2.79. The molecule has 0 spiro atoms. The first kappa shape index (κ1) is 12.9. The van der Waals surface area contributed by atoms with Crippen LogP contribution in [0.3, 0.4) is 0 Å². The molecule has 17 heavy (non-hydrogen) atoms. The number of benzene rings is 1. The normalized spacial score (nSPS) is 24.2. The van der Waals surface area contributed by atoms with Crippen LogP contribution in [0.25, 0.3) is 0 Å². The first-order valence-electron chi connectivity index (χ1n) is 5.56. The van der Waals surface area contributed by atoms with Crippen molar-refractivity contribution in [1.82, 2.24) is 5.32 Å². The molecule has 0 aromatic heterocycles. The van der Waals surface area contributed by atoms with Crippen LogP contribution in [0.1, 0.15) is 18.4 Å². The van der Waals surface area contributed by atoms with Gasteiger partial charge in [0, 0.05) is 11.1 Å². The molecule has 1 fully saturated rings. The molecular formula is C12H14BrF2NO. The Bertz CT molecular complexity index is 419. The van der Waals surface area contributed by atoms with Crippen LogP contribution >= 0.6 is 15.9 Å². The first-order valence-corrected chi connectivity index (χ1v) is 6.35. The molecule has 1 aliphatic heterocycles. The fraction of sp³-hybridized carbons (Fsp3) is 0.500. The molecule has 1 aromatic carbocycles. The van der Waals surface area contributed by atoms with Crippen LogP contribution in [0.4, 0.5) is 8.78 Å². The smallest absolute Gasteiger partial charge is 0.143 e. The molecule has 0 aliphatic carbocycles. The largest absolute Gasteiger partial charge is 0.394 e. The fourth-order valence-corrected chi connectivity index (χ4v) is 2.65. The van der Waals surface area contributed by atoms with Gasteiger partial charge in [0.2, 0.25) is 0 Å². The Morgan fingerprint density at radius 2 is 2.18 bits per heavy atom. The van der Waals surface area contributed by atoms with Gasteiger partial charge in [-0.05, 0) is 53.9 Å². The molecule has 1 saturated heterocycles. The highest BCUT2D eigenvalue weighted by Crippen LogP contribution is 2.29. The molecule has 5 heteroatoms. The van der Waals surface area contributed by atoms with Gasteiger partial charge >= 0.3 is 0 Å². The summed E-state index contributed by atoms with van der Waals surface area (Å²) in [5, 5.41) is 12.6. The Kier molecular flexibility index (Phi) is 3.80. The Morgan fingerprint density at radius 1 is 1.41 bits per heavy atom. The molecule has 1 atom stereocenters. The summed E-state index contributed by atoms with van der Waals surface area (Å²) in [6.45, 7) is 0.663. The summed E-state index contributed by atoms with van der Waals surface area (Å²) in [5.41, 5.74) is -0.550. The summed E-state index contributed by atoms with van der Waals surface area (Å²) in [7, 11) is 0. The van der Waals surface area contributed by atoms with Crippen LogP contribution in [0.15, 0.2) is 16.6 Å². The van der Waals surface area contributed by atoms with E-state index in [0.717, 1.165) is 19.4 Å². The Labute approximate surface area is 107 Å². The third-order valence-electron chi connectivity index (χ3n) is 3.29. The molecule has 2 N–H and O–H groups in total. The van der Waals surface area contributed by atoms with Crippen molar-refractivity contribution in [2.75, 3.05) is 13.2 Å². The highest BCUT2D eigenvalue weighted by Gasteiger charge is 2.34. The monoisotopic (exact) mass is 305 g/mol. The third-order valence-corrected chi connectivity index (χ3v) is 3.90. The summed E-state index contributed by atoms with van der Waals surface area (Å²) in [5.74, 6) is -1.14. The Morgan fingerprint density at radius 3 is 2.76 bits per heavy atom. The zero-order valence-electron chi connectivity index (χ0n) is 9.27. The van der Waals surface area contributed by atoms with Gasteiger partial charge in [0.05, 0.1) is 11.1 Å². The van der Waals surface area contributed by atoms with Crippen LogP contribution < -0.4 is 5.32 Å². The van der Waals surface area contributed by atoms with Gasteiger partial charge < -0.3 is 10.4 Å². The maximum Gasteiger partial charge on any atom is 0.143 e. The minimum Gasteiger partial charge on any atom is -0.394 e. The van der Waals surface area contributed by atoms with Gasteiger partial charge in [-0.2, -0.15) is 0 Å². The van der Waals surface area contributed by atoms with Crippen molar-refractivity contribution in [2.45, 2.75) is 24.8 Å². The molecule has 2 nitrogen and oxygen atoms in total. The quantitative estimate of drug-likeness (QED) is 0.841. The van der Waals surface area contributed by atoms with Crippen molar-refractivity contribution in [1.29, 1.82) is 0 Å². The third kappa shape index (κ3) is 2.51. The summed E-state index contributed by atoms with van der Waals surface area (Å²) in [6, 6.07) is 2.59. The lowest BCUT2D eigenvalue weighted by atomic mass is 9.89. The van der Waals surface area contributed by atoms with Crippen LogP contribution in [0.5, 0.6) is 0 Å². The maximum atomic E-state index is 13.8. The van der Waals surface area contributed by atoms with E-state index in [-0.39, 0.29) is 23.1 Å². The summed E-state index contributed by atoms with van der Waals surface area (Å²) < 4.78 is 27.7. The lowest BCUT2D eigenvalue weighted by Gasteiger charge is -2.27. The lowest BCUT2D eigenvalue weighted by molar-refractivity contribution is 0.175. The van der Waals surface area contributed by atoms with Crippen molar-refractivity contribution in [3.8, 4) is 0 Å². The van der Waals surface area contributed by atoms with Crippen molar-refractivity contribution in [3.63, 3.8) is 0 Å². The number of nitrogens with one attached hydrogen (secondary N) is 1. The van der Waals surface area contributed by atoms with E-state index in [0.29, 0.717) is 0 Å². The first-order chi connectivity index (χ1) is 8.08. The SMILES string of the molecule is OCC1(Cc2c(F)ccc(Br)c2F)CCCN1. The maximum absolute atomic E-state index is 13.8. The van der Waals surface area contributed by atoms with Gasteiger partial charge in [0.25, 0.3) is 0 Å². The van der Waals surface area contributed by atoms with Crippen LogP contribution in [0.2, 0.25) is 0 Å². The Balaban J connectivity index is 2.32. The topological polar surface area (TPSA) is 32.3 Å². The standard InChI is InChI=1S/C12H14BrF2NO/c13-9-2-3-10(14)8(11(9)15)6-12(7-17)4-1-5-16-12/h2-3,16-17H,1,4-7H2. The van der Waals surface area contributed by atoms with Gasteiger partial charge in [0.1, 0.15) is 11.6 Å². The number of rotatable bonds is 3. The van der Waals surface area contributed by atoms with Gasteiger partial charge in [-0.15, -0.1) is 0 Å². The highest BCUT2D eigenvalue weighted by atomic mass is 79.9. The predicted molar refractivity (Wildman–Crippen MR) is 64.8 cm³/mol. The van der Waals surface area contributed by atoms with Gasteiger partial charge in [0.15, 0.2) is 0 Å². The molecule has 1 aliphatic rings. The molecule has 1 unspecified atom stereocenters. The number of hydrogen-bond donors (Lipinski definition) is 2. The van der Waals surface area contributed by atoms with Crippen LogP contribution in [-0.4, -0.2) is 23.8 Å². The Hall–Kier alpha value is -0.520. The highest BCUT2D eigenvalue weighted by molar-refractivity contribution is 9.10. The molecule has 0 bridgehead atoms. The van der Waals surface area contributed by atoms with E-state index in [1.165, 1.54) is 12.1 Å². The molecule has 0 amide bonds. The molecular weight excluding hydrogens is 292 g/mol. The molecule has 0 radical (unpaired) electrons. The molecule has 0 saturated carbocycles. The van der Waals surface area contributed by atoms with E-state index in [1.54, 1.807) is 0 Å². The van der Waals surface area contributed by atoms with E-state index in [9.17, 15) is 13.9 Å². The number of hydrogen-bond acceptors (Lipinski definition) is 2. The molecule has 94 valence electrons. The number of aliphatic hydroxyl groups excluding tert-OH is 1. The van der Waals surface area contributed by atoms with Gasteiger partial charge in [-0.1, -0.05) is 0 Å². The zero-order valence-corrected chi connectivity index (χ0v) is 10.9. The average molecular weight is 306 g/mol. The van der Waals surface area contributed by atoms with Crippen LogP contribution in [0, 0.1) is 11.6 Å². The minimum absolute atomic E-state index is 0.0304. The van der Waals surface area contributed by atoms with Crippen molar-refractivity contribution >= 4 is 15.9 Å². The number of halogens is 3. The number of aliphatic hydroxyl groups is 1. The lowest BCUT2D eigenvalue weighted by Crippen LogP contribution is -2.45. The fourth-order valence-electron chi connectivity index (χ4n) is 2.28. The van der Waals surface area contributed by atoms with Gasteiger partial charge in [-0.25, -0.2) is 8.78 Å². The predicted octanol–water partition coefficient (Wildman–Crippen LogP) is 2.38. The van der Waals surface area contributed by atoms with Crippen molar-refractivity contribution < 1.29 is 13.9 Å². The molecule has 1 heterocycles. The second-order valence-electron chi connectivity index (χ2n) is 4.47. The van der Waals surface area contributed by atoms with Gasteiger partial charge in [-0.3, -0.25) is 0 Å². The van der Waals surface area contributed by atoms with E-state index >= 15 is 0 Å². The van der Waals surface area contributed by atoms with E-state index in [1.807, 2.05) is 0 Å². The van der Waals surface area contributed by atoms with E-state index in [4.69, 9.17) is 0 Å². The minimum atomic E-state index is -0.581. The van der Waals surface area contributed by atoms with E-state index < -0.39 is 17.2 Å². The van der Waals surface area contributed by atoms with Crippen LogP contribution in [-0.2, 0) is 6.42 Å². The molecule has 1 aromatic rings. The molecule has 2 rings (SSSR count). The zero-order chi connectivity index (χ0) is 12.5. The second-order valence-corrected chi connectivity index (χ2v) is 5.32. The van der Waals surface area contributed by atoms with Crippen molar-refractivity contribution in [2.24, 2.45) is 0 Å². The summed E-state index contributed by atoms with van der Waals surface area (Å²) in [6.07, 6.45) is 1.81.